The molecule has 0 radical (unpaired) electrons. The molecule has 0 atom stereocenters. The SMILES string of the molecule is CSCc1nc(CCNC(=O)Nc2cccc(OC(F)F)c2)cs1. The minimum Gasteiger partial charge on any atom is -0.435 e. The zero-order valence-electron chi connectivity index (χ0n) is 12.9. The van der Waals surface area contributed by atoms with Crippen LogP contribution in [0.3, 0.4) is 0 Å². The fraction of sp³-hybridized carbons (Fsp3) is 0.333. The average molecular weight is 373 g/mol. The Kier molecular flexibility index (Phi) is 7.26. The number of nitrogens with zero attached hydrogens (tertiary/aromatic N) is 1. The van der Waals surface area contributed by atoms with Crippen LogP contribution in [0.5, 0.6) is 5.75 Å². The number of alkyl halides is 2. The van der Waals surface area contributed by atoms with E-state index in [0.29, 0.717) is 18.7 Å². The van der Waals surface area contributed by atoms with Gasteiger partial charge in [-0.05, 0) is 18.4 Å². The quantitative estimate of drug-likeness (QED) is 0.735. The predicted molar refractivity (Wildman–Crippen MR) is 93.1 cm³/mol. The number of thioether (sulfide) groups is 1. The number of thiazole rings is 1. The number of urea groups is 1. The Labute approximate surface area is 146 Å². The molecule has 1 aromatic heterocycles. The molecule has 0 aliphatic carbocycles. The van der Waals surface area contributed by atoms with Gasteiger partial charge in [0, 0.05) is 35.9 Å². The van der Waals surface area contributed by atoms with E-state index < -0.39 is 12.6 Å². The molecular weight excluding hydrogens is 356 g/mol. The molecule has 2 amide bonds. The number of aromatic nitrogens is 1. The summed E-state index contributed by atoms with van der Waals surface area (Å²) >= 11 is 3.32. The van der Waals surface area contributed by atoms with Crippen molar-refractivity contribution in [3.05, 3.63) is 40.3 Å². The molecule has 1 heterocycles. The number of rotatable bonds is 8. The number of carbonyl (C=O) groups is 1. The number of hydrogen-bond donors (Lipinski definition) is 2. The van der Waals surface area contributed by atoms with Crippen LogP contribution in [-0.2, 0) is 12.2 Å². The molecule has 5 nitrogen and oxygen atoms in total. The second-order valence-corrected chi connectivity index (χ2v) is 6.51. The average Bonchev–Trinajstić information content (AvgIpc) is 2.95. The maximum Gasteiger partial charge on any atom is 0.387 e. The Balaban J connectivity index is 1.76. The Morgan fingerprint density at radius 2 is 2.29 bits per heavy atom. The van der Waals surface area contributed by atoms with E-state index in [9.17, 15) is 13.6 Å². The van der Waals surface area contributed by atoms with E-state index in [0.717, 1.165) is 16.5 Å². The smallest absolute Gasteiger partial charge is 0.387 e. The highest BCUT2D eigenvalue weighted by atomic mass is 32.2. The first kappa shape index (κ1) is 18.5. The van der Waals surface area contributed by atoms with Crippen LogP contribution in [-0.4, -0.2) is 30.4 Å². The maximum absolute atomic E-state index is 12.2. The third-order valence-corrected chi connectivity index (χ3v) is 4.49. The molecule has 0 aliphatic heterocycles. The molecule has 2 rings (SSSR count). The van der Waals surface area contributed by atoms with Gasteiger partial charge in [-0.25, -0.2) is 9.78 Å². The van der Waals surface area contributed by atoms with Gasteiger partial charge < -0.3 is 15.4 Å². The number of carbonyl (C=O) groups excluding carboxylic acids is 1. The minimum atomic E-state index is -2.90. The van der Waals surface area contributed by atoms with Gasteiger partial charge in [-0.1, -0.05) is 6.07 Å². The zero-order chi connectivity index (χ0) is 17.4. The first-order chi connectivity index (χ1) is 11.6. The van der Waals surface area contributed by atoms with E-state index in [4.69, 9.17) is 0 Å². The maximum atomic E-state index is 12.2. The summed E-state index contributed by atoms with van der Waals surface area (Å²) in [5.74, 6) is 0.877. The number of nitrogens with one attached hydrogen (secondary N) is 2. The summed E-state index contributed by atoms with van der Waals surface area (Å²) in [6, 6.07) is 5.43. The van der Waals surface area contributed by atoms with Crippen molar-refractivity contribution in [2.45, 2.75) is 18.8 Å². The lowest BCUT2D eigenvalue weighted by molar-refractivity contribution is -0.0497. The van der Waals surface area contributed by atoms with Gasteiger partial charge in [-0.2, -0.15) is 20.5 Å². The predicted octanol–water partition coefficient (Wildman–Crippen LogP) is 3.97. The number of ether oxygens (including phenoxy) is 1. The summed E-state index contributed by atoms with van der Waals surface area (Å²) in [5, 5.41) is 8.32. The first-order valence-electron chi connectivity index (χ1n) is 7.09. The number of benzene rings is 1. The second-order valence-electron chi connectivity index (χ2n) is 4.70. The number of amides is 2. The van der Waals surface area contributed by atoms with Crippen molar-refractivity contribution in [1.82, 2.24) is 10.3 Å². The molecule has 2 N–H and O–H groups in total. The van der Waals surface area contributed by atoms with Crippen molar-refractivity contribution in [1.29, 1.82) is 0 Å². The Hall–Kier alpha value is -1.87. The van der Waals surface area contributed by atoms with E-state index in [-0.39, 0.29) is 5.75 Å². The van der Waals surface area contributed by atoms with Crippen LogP contribution in [0.15, 0.2) is 29.6 Å². The van der Waals surface area contributed by atoms with Gasteiger partial charge >= 0.3 is 12.6 Å². The van der Waals surface area contributed by atoms with E-state index in [1.165, 1.54) is 18.2 Å². The summed E-state index contributed by atoms with van der Waals surface area (Å²) in [7, 11) is 0. The Morgan fingerprint density at radius 3 is 3.04 bits per heavy atom. The molecule has 24 heavy (non-hydrogen) atoms. The third kappa shape index (κ3) is 6.32. The van der Waals surface area contributed by atoms with Crippen LogP contribution in [0.25, 0.3) is 0 Å². The molecule has 0 saturated carbocycles. The largest absolute Gasteiger partial charge is 0.435 e. The Morgan fingerprint density at radius 1 is 1.46 bits per heavy atom. The fourth-order valence-corrected chi connectivity index (χ4v) is 3.43. The summed E-state index contributed by atoms with van der Waals surface area (Å²) in [5.41, 5.74) is 1.32. The molecule has 0 saturated heterocycles. The fourth-order valence-electron chi connectivity index (χ4n) is 1.88. The Bertz CT molecular complexity index is 668. The van der Waals surface area contributed by atoms with Gasteiger partial charge in [0.15, 0.2) is 0 Å². The van der Waals surface area contributed by atoms with Crippen molar-refractivity contribution in [3.8, 4) is 5.75 Å². The first-order valence-corrected chi connectivity index (χ1v) is 9.36. The van der Waals surface area contributed by atoms with Gasteiger partial charge in [0.05, 0.1) is 5.69 Å². The second kappa shape index (κ2) is 9.43. The molecule has 9 heteroatoms. The van der Waals surface area contributed by atoms with E-state index in [1.807, 2.05) is 11.6 Å². The van der Waals surface area contributed by atoms with Crippen LogP contribution in [0.2, 0.25) is 0 Å². The normalized spacial score (nSPS) is 10.7. The van der Waals surface area contributed by atoms with Crippen molar-refractivity contribution >= 4 is 34.8 Å². The summed E-state index contributed by atoms with van der Waals surface area (Å²) in [4.78, 5) is 16.3. The lowest BCUT2D eigenvalue weighted by atomic mass is 10.3. The highest BCUT2D eigenvalue weighted by Crippen LogP contribution is 2.19. The van der Waals surface area contributed by atoms with E-state index in [1.54, 1.807) is 29.2 Å². The standard InChI is InChI=1S/C15H17F2N3O2S2/c1-23-9-13-19-11(8-24-13)5-6-18-15(21)20-10-3-2-4-12(7-10)22-14(16)17/h2-4,7-8,14H,5-6,9H2,1H3,(H2,18,20,21). The van der Waals surface area contributed by atoms with Crippen LogP contribution < -0.4 is 15.4 Å². The van der Waals surface area contributed by atoms with Gasteiger partial charge in [0.2, 0.25) is 0 Å². The number of anilines is 1. The van der Waals surface area contributed by atoms with Crippen LogP contribution in [0.4, 0.5) is 19.3 Å². The van der Waals surface area contributed by atoms with E-state index >= 15 is 0 Å². The van der Waals surface area contributed by atoms with Crippen LogP contribution >= 0.6 is 23.1 Å². The van der Waals surface area contributed by atoms with Crippen molar-refractivity contribution in [2.75, 3.05) is 18.1 Å². The molecular formula is C15H17F2N3O2S2. The summed E-state index contributed by atoms with van der Waals surface area (Å²) < 4.78 is 28.6. The van der Waals surface area contributed by atoms with Gasteiger partial charge in [-0.3, -0.25) is 0 Å². The van der Waals surface area contributed by atoms with Crippen molar-refractivity contribution in [2.24, 2.45) is 0 Å². The van der Waals surface area contributed by atoms with Crippen molar-refractivity contribution < 1.29 is 18.3 Å². The molecule has 0 bridgehead atoms. The number of halogens is 2. The topological polar surface area (TPSA) is 63.2 Å². The molecule has 0 aliphatic rings. The molecule has 0 unspecified atom stereocenters. The third-order valence-electron chi connectivity index (χ3n) is 2.85. The lowest BCUT2D eigenvalue weighted by Gasteiger charge is -2.09. The molecule has 1 aromatic carbocycles. The van der Waals surface area contributed by atoms with Crippen LogP contribution in [0, 0.1) is 0 Å². The zero-order valence-corrected chi connectivity index (χ0v) is 14.6. The molecule has 0 fully saturated rings. The lowest BCUT2D eigenvalue weighted by Crippen LogP contribution is -2.30. The van der Waals surface area contributed by atoms with E-state index in [2.05, 4.69) is 20.4 Å². The number of hydrogen-bond acceptors (Lipinski definition) is 5. The minimum absolute atomic E-state index is 0.00778. The summed E-state index contributed by atoms with van der Waals surface area (Å²) in [6.45, 7) is -2.47. The highest BCUT2D eigenvalue weighted by Gasteiger charge is 2.07. The molecule has 2 aromatic rings. The monoisotopic (exact) mass is 373 g/mol. The van der Waals surface area contributed by atoms with Gasteiger partial charge in [0.25, 0.3) is 0 Å². The van der Waals surface area contributed by atoms with Crippen LogP contribution in [0.1, 0.15) is 10.7 Å². The summed E-state index contributed by atoms with van der Waals surface area (Å²) in [6.07, 6.45) is 2.65. The van der Waals surface area contributed by atoms with Gasteiger partial charge in [-0.15, -0.1) is 11.3 Å². The molecule has 130 valence electrons. The molecule has 0 spiro atoms. The highest BCUT2D eigenvalue weighted by molar-refractivity contribution is 7.97. The van der Waals surface area contributed by atoms with Crippen molar-refractivity contribution in [3.63, 3.8) is 0 Å². The van der Waals surface area contributed by atoms with Gasteiger partial charge in [0.1, 0.15) is 10.8 Å².